The van der Waals surface area contributed by atoms with Crippen LogP contribution in [0.3, 0.4) is 0 Å². The highest BCUT2D eigenvalue weighted by Crippen LogP contribution is 2.24. The fourth-order valence-corrected chi connectivity index (χ4v) is 5.54. The normalized spacial score (nSPS) is 21.8. The van der Waals surface area contributed by atoms with Crippen molar-refractivity contribution in [3.05, 3.63) is 24.3 Å². The number of anilines is 2. The van der Waals surface area contributed by atoms with Gasteiger partial charge >= 0.3 is 0 Å². The summed E-state index contributed by atoms with van der Waals surface area (Å²) in [6.45, 7) is 4.86. The Hall–Kier alpha value is -1.60. The van der Waals surface area contributed by atoms with Crippen LogP contribution in [0.4, 0.5) is 11.4 Å². The van der Waals surface area contributed by atoms with Gasteiger partial charge in [-0.15, -0.1) is 0 Å². The van der Waals surface area contributed by atoms with Crippen molar-refractivity contribution in [1.82, 2.24) is 4.31 Å². The van der Waals surface area contributed by atoms with E-state index in [0.29, 0.717) is 19.5 Å². The van der Waals surface area contributed by atoms with Crippen LogP contribution in [0.5, 0.6) is 0 Å². The summed E-state index contributed by atoms with van der Waals surface area (Å²) < 4.78 is 26.1. The van der Waals surface area contributed by atoms with Crippen molar-refractivity contribution in [2.45, 2.75) is 45.4 Å². The summed E-state index contributed by atoms with van der Waals surface area (Å²) in [4.78, 5) is 15.0. The number of carbonyl (C=O) groups excluding carboxylic acids is 1. The molecule has 0 radical (unpaired) electrons. The fourth-order valence-electron chi connectivity index (χ4n) is 3.95. The van der Waals surface area contributed by atoms with Crippen molar-refractivity contribution in [2.24, 2.45) is 5.92 Å². The molecule has 1 atom stereocenters. The molecule has 1 unspecified atom stereocenters. The van der Waals surface area contributed by atoms with Crippen LogP contribution in [0.2, 0.25) is 0 Å². The first kappa shape index (κ1) is 20.1. The number of nitrogens with zero attached hydrogens (tertiary/aromatic N) is 2. The van der Waals surface area contributed by atoms with E-state index in [1.807, 2.05) is 19.1 Å². The van der Waals surface area contributed by atoms with E-state index in [9.17, 15) is 13.2 Å². The van der Waals surface area contributed by atoms with Crippen LogP contribution in [0.1, 0.15) is 45.4 Å². The molecule has 0 aliphatic carbocycles. The average molecular weight is 394 g/mol. The van der Waals surface area contributed by atoms with Gasteiger partial charge in [-0.2, -0.15) is 0 Å². The molecule has 2 aliphatic rings. The Morgan fingerprint density at radius 3 is 2.44 bits per heavy atom. The van der Waals surface area contributed by atoms with Crippen molar-refractivity contribution in [2.75, 3.05) is 42.1 Å². The zero-order valence-corrected chi connectivity index (χ0v) is 17.0. The molecule has 0 bridgehead atoms. The highest BCUT2D eigenvalue weighted by Gasteiger charge is 2.31. The van der Waals surface area contributed by atoms with Crippen molar-refractivity contribution in [3.63, 3.8) is 0 Å². The van der Waals surface area contributed by atoms with Gasteiger partial charge < -0.3 is 10.2 Å². The van der Waals surface area contributed by atoms with E-state index in [-0.39, 0.29) is 17.6 Å². The zero-order valence-electron chi connectivity index (χ0n) is 16.2. The number of hydrogen-bond donors (Lipinski definition) is 1. The minimum atomic E-state index is -3.24. The van der Waals surface area contributed by atoms with Gasteiger partial charge in [0, 0.05) is 37.6 Å². The molecule has 1 aromatic rings. The molecular weight excluding hydrogens is 362 g/mol. The SMILES string of the molecule is CCCS(=O)(=O)N1CCCC(C(=O)Nc2ccc(N3CCCCC3)cc2)C1. The van der Waals surface area contributed by atoms with Crippen LogP contribution in [-0.2, 0) is 14.8 Å². The lowest BCUT2D eigenvalue weighted by Crippen LogP contribution is -2.44. The van der Waals surface area contributed by atoms with E-state index in [0.717, 1.165) is 31.6 Å². The van der Waals surface area contributed by atoms with Crippen molar-refractivity contribution in [3.8, 4) is 0 Å². The maximum absolute atomic E-state index is 12.6. The van der Waals surface area contributed by atoms with E-state index in [1.165, 1.54) is 29.3 Å². The van der Waals surface area contributed by atoms with Crippen LogP contribution < -0.4 is 10.2 Å². The number of sulfonamides is 1. The third-order valence-corrected chi connectivity index (χ3v) is 7.51. The van der Waals surface area contributed by atoms with E-state index < -0.39 is 10.0 Å². The standard InChI is InChI=1S/C20H31N3O3S/c1-2-15-27(25,26)23-14-6-7-17(16-23)20(24)21-18-8-10-19(11-9-18)22-12-4-3-5-13-22/h8-11,17H,2-7,12-16H2,1H3,(H,21,24). The molecule has 3 rings (SSSR count). The minimum absolute atomic E-state index is 0.0860. The summed E-state index contributed by atoms with van der Waals surface area (Å²) in [5, 5.41) is 2.97. The average Bonchev–Trinajstić information content (AvgIpc) is 2.69. The number of piperidine rings is 2. The number of hydrogen-bond acceptors (Lipinski definition) is 4. The maximum Gasteiger partial charge on any atom is 0.228 e. The van der Waals surface area contributed by atoms with Gasteiger partial charge in [0.1, 0.15) is 0 Å². The molecule has 1 amide bonds. The molecule has 2 heterocycles. The zero-order chi connectivity index (χ0) is 19.3. The van der Waals surface area contributed by atoms with Gasteiger partial charge in [0.15, 0.2) is 0 Å². The van der Waals surface area contributed by atoms with Crippen LogP contribution in [0, 0.1) is 5.92 Å². The number of carbonyl (C=O) groups is 1. The Morgan fingerprint density at radius 2 is 1.78 bits per heavy atom. The number of benzene rings is 1. The molecule has 2 fully saturated rings. The molecule has 27 heavy (non-hydrogen) atoms. The van der Waals surface area contributed by atoms with Gasteiger partial charge in [-0.05, 0) is 62.8 Å². The molecule has 1 aromatic carbocycles. The lowest BCUT2D eigenvalue weighted by atomic mass is 9.98. The second kappa shape index (κ2) is 9.06. The Bertz CT molecular complexity index is 727. The van der Waals surface area contributed by atoms with E-state index in [4.69, 9.17) is 0 Å². The predicted molar refractivity (Wildman–Crippen MR) is 110 cm³/mol. The van der Waals surface area contributed by atoms with Crippen LogP contribution >= 0.6 is 0 Å². The molecule has 1 N–H and O–H groups in total. The molecule has 0 saturated carbocycles. The number of rotatable bonds is 6. The second-order valence-corrected chi connectivity index (χ2v) is 9.69. The largest absolute Gasteiger partial charge is 0.372 e. The Kier molecular flexibility index (Phi) is 6.76. The predicted octanol–water partition coefficient (Wildman–Crippen LogP) is 3.07. The quantitative estimate of drug-likeness (QED) is 0.806. The van der Waals surface area contributed by atoms with Gasteiger partial charge in [0.05, 0.1) is 11.7 Å². The smallest absolute Gasteiger partial charge is 0.228 e. The third-order valence-electron chi connectivity index (χ3n) is 5.47. The molecule has 2 aliphatic heterocycles. The van der Waals surface area contributed by atoms with Gasteiger partial charge in [-0.3, -0.25) is 4.79 Å². The van der Waals surface area contributed by atoms with Crippen LogP contribution in [0.25, 0.3) is 0 Å². The first-order chi connectivity index (χ1) is 13.0. The van der Waals surface area contributed by atoms with Gasteiger partial charge in [0.2, 0.25) is 15.9 Å². The lowest BCUT2D eigenvalue weighted by molar-refractivity contribution is -0.120. The van der Waals surface area contributed by atoms with E-state index in [2.05, 4.69) is 22.3 Å². The van der Waals surface area contributed by atoms with Crippen molar-refractivity contribution in [1.29, 1.82) is 0 Å². The molecule has 7 heteroatoms. The van der Waals surface area contributed by atoms with Crippen molar-refractivity contribution < 1.29 is 13.2 Å². The highest BCUT2D eigenvalue weighted by atomic mass is 32.2. The number of nitrogens with one attached hydrogen (secondary N) is 1. The van der Waals surface area contributed by atoms with Crippen LogP contribution in [-0.4, -0.2) is 50.6 Å². The third kappa shape index (κ3) is 5.23. The summed E-state index contributed by atoms with van der Waals surface area (Å²) >= 11 is 0. The van der Waals surface area contributed by atoms with Gasteiger partial charge in [-0.25, -0.2) is 12.7 Å². The van der Waals surface area contributed by atoms with Gasteiger partial charge in [0.25, 0.3) is 0 Å². The Morgan fingerprint density at radius 1 is 1.07 bits per heavy atom. The summed E-state index contributed by atoms with van der Waals surface area (Å²) in [7, 11) is -3.24. The molecule has 0 spiro atoms. The van der Waals surface area contributed by atoms with E-state index >= 15 is 0 Å². The lowest BCUT2D eigenvalue weighted by Gasteiger charge is -2.31. The Balaban J connectivity index is 1.58. The Labute approximate surface area is 163 Å². The monoisotopic (exact) mass is 393 g/mol. The van der Waals surface area contributed by atoms with E-state index in [1.54, 1.807) is 0 Å². The molecule has 6 nitrogen and oxygen atoms in total. The molecule has 0 aromatic heterocycles. The summed E-state index contributed by atoms with van der Waals surface area (Å²) in [5.41, 5.74) is 1.97. The first-order valence-electron chi connectivity index (χ1n) is 10.1. The minimum Gasteiger partial charge on any atom is -0.372 e. The summed E-state index contributed by atoms with van der Waals surface area (Å²) in [5.74, 6) is -0.219. The first-order valence-corrected chi connectivity index (χ1v) is 11.7. The fraction of sp³-hybridized carbons (Fsp3) is 0.650. The van der Waals surface area contributed by atoms with Crippen molar-refractivity contribution >= 4 is 27.3 Å². The highest BCUT2D eigenvalue weighted by molar-refractivity contribution is 7.89. The maximum atomic E-state index is 12.6. The number of amides is 1. The summed E-state index contributed by atoms with van der Waals surface area (Å²) in [6.07, 6.45) is 5.83. The van der Waals surface area contributed by atoms with Gasteiger partial charge in [-0.1, -0.05) is 6.92 Å². The molecular formula is C20H31N3O3S. The summed E-state index contributed by atoms with van der Waals surface area (Å²) in [6, 6.07) is 7.99. The second-order valence-electron chi connectivity index (χ2n) is 7.60. The van der Waals surface area contributed by atoms with Crippen LogP contribution in [0.15, 0.2) is 24.3 Å². The molecule has 2 saturated heterocycles. The topological polar surface area (TPSA) is 69.7 Å². The molecule has 150 valence electrons.